The number of anilines is 1. The second-order valence-corrected chi connectivity index (χ2v) is 7.36. The first-order valence-electron chi connectivity index (χ1n) is 9.54. The van der Waals surface area contributed by atoms with Gasteiger partial charge in [0.15, 0.2) is 0 Å². The fourth-order valence-corrected chi connectivity index (χ4v) is 3.50. The van der Waals surface area contributed by atoms with E-state index in [2.05, 4.69) is 33.4 Å². The van der Waals surface area contributed by atoms with Gasteiger partial charge in [-0.2, -0.15) is 5.10 Å². The summed E-state index contributed by atoms with van der Waals surface area (Å²) in [5.41, 5.74) is 7.70. The van der Waals surface area contributed by atoms with Crippen molar-refractivity contribution in [3.63, 3.8) is 0 Å². The summed E-state index contributed by atoms with van der Waals surface area (Å²) in [5.74, 6) is -1.28. The zero-order chi connectivity index (χ0) is 22.5. The first kappa shape index (κ1) is 22.1. The van der Waals surface area contributed by atoms with Crippen molar-refractivity contribution in [2.75, 3.05) is 12.4 Å². The normalized spacial score (nSPS) is 10.9. The maximum absolute atomic E-state index is 12.1. The van der Waals surface area contributed by atoms with Crippen molar-refractivity contribution < 1.29 is 14.3 Å². The SMILES string of the molecule is COc1ccc(NC(=O)C(=O)N/N=C\c2cc(C)n(-c3ccccc3C)c2C)cc1Cl. The van der Waals surface area contributed by atoms with Crippen molar-refractivity contribution in [2.45, 2.75) is 20.8 Å². The lowest BCUT2D eigenvalue weighted by Gasteiger charge is -2.12. The van der Waals surface area contributed by atoms with Crippen LogP contribution < -0.4 is 15.5 Å². The Morgan fingerprint density at radius 2 is 1.81 bits per heavy atom. The third-order valence-corrected chi connectivity index (χ3v) is 5.11. The average molecular weight is 439 g/mol. The number of halogens is 1. The van der Waals surface area contributed by atoms with Crippen LogP contribution in [0.2, 0.25) is 5.02 Å². The molecule has 2 N–H and O–H groups in total. The number of carbonyl (C=O) groups is 2. The maximum atomic E-state index is 12.1. The Hall–Kier alpha value is -3.58. The summed E-state index contributed by atoms with van der Waals surface area (Å²) in [7, 11) is 1.49. The summed E-state index contributed by atoms with van der Waals surface area (Å²) in [6.45, 7) is 6.03. The van der Waals surface area contributed by atoms with E-state index in [9.17, 15) is 9.59 Å². The van der Waals surface area contributed by atoms with E-state index >= 15 is 0 Å². The van der Waals surface area contributed by atoms with Crippen LogP contribution in [0, 0.1) is 20.8 Å². The second-order valence-electron chi connectivity index (χ2n) is 6.95. The van der Waals surface area contributed by atoms with E-state index in [1.54, 1.807) is 12.1 Å². The van der Waals surface area contributed by atoms with Crippen molar-refractivity contribution in [1.82, 2.24) is 9.99 Å². The molecule has 0 atom stereocenters. The van der Waals surface area contributed by atoms with Crippen LogP contribution >= 0.6 is 11.6 Å². The Kier molecular flexibility index (Phi) is 6.77. The minimum atomic E-state index is -0.893. The van der Waals surface area contributed by atoms with Crippen LogP contribution in [0.4, 0.5) is 5.69 Å². The van der Waals surface area contributed by atoms with Crippen LogP contribution in [0.5, 0.6) is 5.75 Å². The summed E-state index contributed by atoms with van der Waals surface area (Å²) < 4.78 is 7.18. The number of nitrogens with one attached hydrogen (secondary N) is 2. The van der Waals surface area contributed by atoms with Gasteiger partial charge in [-0.25, -0.2) is 5.43 Å². The molecule has 1 heterocycles. The minimum Gasteiger partial charge on any atom is -0.495 e. The van der Waals surface area contributed by atoms with Gasteiger partial charge in [0.25, 0.3) is 0 Å². The van der Waals surface area contributed by atoms with E-state index in [1.807, 2.05) is 38.1 Å². The molecule has 0 aliphatic rings. The fraction of sp³-hybridized carbons (Fsp3) is 0.174. The van der Waals surface area contributed by atoms with Crippen LogP contribution in [-0.2, 0) is 9.59 Å². The van der Waals surface area contributed by atoms with Crippen LogP contribution in [0.25, 0.3) is 5.69 Å². The van der Waals surface area contributed by atoms with Crippen LogP contribution in [0.1, 0.15) is 22.5 Å². The van der Waals surface area contributed by atoms with Gasteiger partial charge in [-0.1, -0.05) is 29.8 Å². The van der Waals surface area contributed by atoms with E-state index < -0.39 is 11.8 Å². The Morgan fingerprint density at radius 3 is 2.48 bits per heavy atom. The van der Waals surface area contributed by atoms with Gasteiger partial charge in [0.1, 0.15) is 5.75 Å². The molecular weight excluding hydrogens is 416 g/mol. The topological polar surface area (TPSA) is 84.7 Å². The molecule has 0 fully saturated rings. The molecule has 0 aliphatic heterocycles. The van der Waals surface area contributed by atoms with Crippen molar-refractivity contribution in [1.29, 1.82) is 0 Å². The Balaban J connectivity index is 1.67. The van der Waals surface area contributed by atoms with Gasteiger partial charge in [-0.3, -0.25) is 9.59 Å². The molecule has 0 bridgehead atoms. The molecule has 0 saturated heterocycles. The number of ether oxygens (including phenoxy) is 1. The van der Waals surface area contributed by atoms with Crippen molar-refractivity contribution in [2.24, 2.45) is 5.10 Å². The summed E-state index contributed by atoms with van der Waals surface area (Å²) in [5, 5.41) is 6.72. The Morgan fingerprint density at radius 1 is 1.06 bits per heavy atom. The Labute approximate surface area is 185 Å². The molecule has 0 spiro atoms. The predicted molar refractivity (Wildman–Crippen MR) is 122 cm³/mol. The molecule has 2 aromatic carbocycles. The lowest BCUT2D eigenvalue weighted by atomic mass is 10.2. The number of hydrazone groups is 1. The first-order chi connectivity index (χ1) is 14.8. The van der Waals surface area contributed by atoms with Gasteiger partial charge < -0.3 is 14.6 Å². The number of hydrogen-bond acceptors (Lipinski definition) is 4. The van der Waals surface area contributed by atoms with Gasteiger partial charge >= 0.3 is 11.8 Å². The number of rotatable bonds is 5. The summed E-state index contributed by atoms with van der Waals surface area (Å²) >= 11 is 6.03. The minimum absolute atomic E-state index is 0.322. The van der Waals surface area contributed by atoms with Crippen molar-refractivity contribution in [3.05, 3.63) is 76.1 Å². The number of aryl methyl sites for hydroxylation is 2. The molecule has 1 aromatic heterocycles. The van der Waals surface area contributed by atoms with Gasteiger partial charge in [0.2, 0.25) is 0 Å². The number of carbonyl (C=O) groups excluding carboxylic acids is 2. The lowest BCUT2D eigenvalue weighted by Crippen LogP contribution is -2.32. The molecule has 0 aliphatic carbocycles. The molecule has 0 radical (unpaired) electrons. The lowest BCUT2D eigenvalue weighted by molar-refractivity contribution is -0.136. The molecule has 3 rings (SSSR count). The van der Waals surface area contributed by atoms with Crippen LogP contribution in [0.15, 0.2) is 53.6 Å². The molecule has 160 valence electrons. The highest BCUT2D eigenvalue weighted by atomic mass is 35.5. The van der Waals surface area contributed by atoms with Gasteiger partial charge in [0.05, 0.1) is 18.3 Å². The number of benzene rings is 2. The van der Waals surface area contributed by atoms with Gasteiger partial charge in [-0.15, -0.1) is 0 Å². The number of nitrogens with zero attached hydrogens (tertiary/aromatic N) is 2. The number of aromatic nitrogens is 1. The van der Waals surface area contributed by atoms with Crippen LogP contribution in [-0.4, -0.2) is 29.7 Å². The van der Waals surface area contributed by atoms with Crippen LogP contribution in [0.3, 0.4) is 0 Å². The molecule has 7 nitrogen and oxygen atoms in total. The summed E-state index contributed by atoms with van der Waals surface area (Å²) in [6.07, 6.45) is 1.52. The maximum Gasteiger partial charge on any atom is 0.329 e. The van der Waals surface area contributed by atoms with E-state index in [1.165, 1.54) is 19.4 Å². The van der Waals surface area contributed by atoms with E-state index in [-0.39, 0.29) is 0 Å². The van der Waals surface area contributed by atoms with Crippen molar-refractivity contribution in [3.8, 4) is 11.4 Å². The molecular formula is C23H23ClN4O3. The molecule has 0 saturated carbocycles. The second kappa shape index (κ2) is 9.49. The molecule has 3 aromatic rings. The zero-order valence-corrected chi connectivity index (χ0v) is 18.4. The third kappa shape index (κ3) is 4.95. The number of hydrogen-bond donors (Lipinski definition) is 2. The average Bonchev–Trinajstić information content (AvgIpc) is 3.01. The standard InChI is InChI=1S/C23H23ClN4O3/c1-14-7-5-6-8-20(14)28-15(2)11-17(16(28)3)13-25-27-23(30)22(29)26-18-9-10-21(31-4)19(24)12-18/h5-13H,1-4H3,(H,26,29)(H,27,30)/b25-13-. The molecule has 2 amide bonds. The summed E-state index contributed by atoms with van der Waals surface area (Å²) in [6, 6.07) is 14.7. The number of amides is 2. The quantitative estimate of drug-likeness (QED) is 0.356. The zero-order valence-electron chi connectivity index (χ0n) is 17.7. The number of methoxy groups -OCH3 is 1. The highest BCUT2D eigenvalue weighted by molar-refractivity contribution is 6.40. The highest BCUT2D eigenvalue weighted by Crippen LogP contribution is 2.27. The van der Waals surface area contributed by atoms with E-state index in [0.717, 1.165) is 28.2 Å². The van der Waals surface area contributed by atoms with Gasteiger partial charge in [0, 0.05) is 28.3 Å². The molecule has 31 heavy (non-hydrogen) atoms. The smallest absolute Gasteiger partial charge is 0.329 e. The largest absolute Gasteiger partial charge is 0.495 e. The molecule has 0 unspecified atom stereocenters. The first-order valence-corrected chi connectivity index (χ1v) is 9.92. The van der Waals surface area contributed by atoms with Crippen molar-refractivity contribution >= 4 is 35.3 Å². The highest BCUT2D eigenvalue weighted by Gasteiger charge is 2.15. The van der Waals surface area contributed by atoms with Gasteiger partial charge in [-0.05, 0) is 56.7 Å². The molecule has 8 heteroatoms. The summed E-state index contributed by atoms with van der Waals surface area (Å²) in [4.78, 5) is 24.2. The fourth-order valence-electron chi connectivity index (χ4n) is 3.25. The number of para-hydroxylation sites is 1. The monoisotopic (exact) mass is 438 g/mol. The van der Waals surface area contributed by atoms with E-state index in [4.69, 9.17) is 16.3 Å². The Bertz CT molecular complexity index is 1170. The van der Waals surface area contributed by atoms with E-state index in [0.29, 0.717) is 16.5 Å². The predicted octanol–water partition coefficient (Wildman–Crippen LogP) is 4.15. The third-order valence-electron chi connectivity index (χ3n) is 4.81.